The summed E-state index contributed by atoms with van der Waals surface area (Å²) in [6.07, 6.45) is 1.57. The number of hydrogen-bond donors (Lipinski definition) is 1. The van der Waals surface area contributed by atoms with E-state index >= 15 is 0 Å². The van der Waals surface area contributed by atoms with Crippen molar-refractivity contribution in [3.8, 4) is 0 Å². The molecule has 2 saturated heterocycles. The van der Waals surface area contributed by atoms with Crippen LogP contribution in [-0.2, 0) is 16.1 Å². The van der Waals surface area contributed by atoms with Crippen LogP contribution in [0.5, 0.6) is 0 Å². The molecule has 0 bridgehead atoms. The normalized spacial score (nSPS) is 21.9. The minimum Gasteiger partial charge on any atom is -0.378 e. The Hall–Kier alpha value is -2.86. The molecule has 2 aliphatic rings. The predicted molar refractivity (Wildman–Crippen MR) is 115 cm³/mol. The van der Waals surface area contributed by atoms with Crippen LogP contribution >= 0.6 is 0 Å². The number of rotatable bonds is 4. The van der Waals surface area contributed by atoms with E-state index in [0.29, 0.717) is 39.4 Å². The molecule has 0 spiro atoms. The number of ether oxygens (including phenoxy) is 1. The lowest BCUT2D eigenvalue weighted by Crippen LogP contribution is -2.52. The van der Waals surface area contributed by atoms with Crippen LogP contribution in [0.3, 0.4) is 0 Å². The average Bonchev–Trinajstić information content (AvgIpc) is 2.83. The highest BCUT2D eigenvalue weighted by Gasteiger charge is 2.37. The Labute approximate surface area is 177 Å². The third-order valence-corrected chi connectivity index (χ3v) is 5.99. The molecule has 2 heterocycles. The van der Waals surface area contributed by atoms with Crippen molar-refractivity contribution in [3.63, 3.8) is 0 Å². The first-order valence-corrected chi connectivity index (χ1v) is 10.7. The zero-order chi connectivity index (χ0) is 20.8. The van der Waals surface area contributed by atoms with Crippen molar-refractivity contribution < 1.29 is 14.3 Å². The van der Waals surface area contributed by atoms with Crippen LogP contribution in [0, 0.1) is 5.92 Å². The molecule has 2 fully saturated rings. The molecule has 2 atom stereocenters. The summed E-state index contributed by atoms with van der Waals surface area (Å²) >= 11 is 0. The molecule has 6 nitrogen and oxygen atoms in total. The molecular formula is C24H29N3O3. The van der Waals surface area contributed by atoms with E-state index < -0.39 is 0 Å². The summed E-state index contributed by atoms with van der Waals surface area (Å²) in [7, 11) is 0. The fraction of sp³-hybridized carbons (Fsp3) is 0.417. The number of hydrogen-bond acceptors (Lipinski definition) is 3. The summed E-state index contributed by atoms with van der Waals surface area (Å²) < 4.78 is 5.38. The van der Waals surface area contributed by atoms with Gasteiger partial charge in [-0.1, -0.05) is 60.7 Å². The van der Waals surface area contributed by atoms with Gasteiger partial charge in [-0.05, 0) is 24.0 Å². The van der Waals surface area contributed by atoms with Crippen LogP contribution in [0.1, 0.15) is 30.0 Å². The summed E-state index contributed by atoms with van der Waals surface area (Å²) in [5.41, 5.74) is 2.17. The van der Waals surface area contributed by atoms with Crippen LogP contribution in [0.15, 0.2) is 60.7 Å². The number of carbonyl (C=O) groups excluding carboxylic acids is 2. The largest absolute Gasteiger partial charge is 0.378 e. The molecule has 4 rings (SSSR count). The van der Waals surface area contributed by atoms with Gasteiger partial charge < -0.3 is 19.9 Å². The van der Waals surface area contributed by atoms with E-state index in [1.54, 1.807) is 0 Å². The summed E-state index contributed by atoms with van der Waals surface area (Å²) in [4.78, 5) is 30.0. The summed E-state index contributed by atoms with van der Waals surface area (Å²) in [5.74, 6) is -0.0174. The van der Waals surface area contributed by atoms with Crippen molar-refractivity contribution in [2.75, 3.05) is 32.8 Å². The quantitative estimate of drug-likeness (QED) is 0.847. The molecule has 0 aliphatic carbocycles. The molecule has 0 aromatic heterocycles. The molecule has 0 radical (unpaired) electrons. The first-order chi connectivity index (χ1) is 14.7. The molecule has 3 amide bonds. The second kappa shape index (κ2) is 9.76. The molecule has 30 heavy (non-hydrogen) atoms. The van der Waals surface area contributed by atoms with Crippen LogP contribution in [0.2, 0.25) is 0 Å². The third kappa shape index (κ3) is 4.82. The second-order valence-corrected chi connectivity index (χ2v) is 7.94. The summed E-state index contributed by atoms with van der Waals surface area (Å²) in [5, 5.41) is 3.05. The fourth-order valence-corrected chi connectivity index (χ4v) is 4.34. The molecular weight excluding hydrogens is 378 g/mol. The number of likely N-dealkylation sites (tertiary alicyclic amines) is 1. The first kappa shape index (κ1) is 20.4. The van der Waals surface area contributed by atoms with Gasteiger partial charge in [-0.25, -0.2) is 4.79 Å². The number of nitrogens with one attached hydrogen (secondary N) is 1. The van der Waals surface area contributed by atoms with E-state index in [4.69, 9.17) is 4.74 Å². The summed E-state index contributed by atoms with van der Waals surface area (Å²) in [6, 6.07) is 19.9. The molecule has 0 saturated carbocycles. The number of morpholine rings is 1. The maximum atomic E-state index is 13.2. The monoisotopic (exact) mass is 407 g/mol. The fourth-order valence-electron chi connectivity index (χ4n) is 4.34. The molecule has 2 aliphatic heterocycles. The zero-order valence-corrected chi connectivity index (χ0v) is 17.2. The number of carbonyl (C=O) groups is 2. The van der Waals surface area contributed by atoms with Gasteiger partial charge >= 0.3 is 6.03 Å². The van der Waals surface area contributed by atoms with Gasteiger partial charge in [-0.3, -0.25) is 4.79 Å². The minimum absolute atomic E-state index is 0.0179. The van der Waals surface area contributed by atoms with Crippen LogP contribution in [0.25, 0.3) is 0 Å². The van der Waals surface area contributed by atoms with E-state index in [2.05, 4.69) is 17.4 Å². The Kier molecular flexibility index (Phi) is 6.64. The number of nitrogens with zero attached hydrogens (tertiary/aromatic N) is 2. The Morgan fingerprint density at radius 3 is 2.30 bits per heavy atom. The van der Waals surface area contributed by atoms with Gasteiger partial charge in [0.2, 0.25) is 5.91 Å². The van der Waals surface area contributed by atoms with Gasteiger partial charge in [0, 0.05) is 26.2 Å². The van der Waals surface area contributed by atoms with Gasteiger partial charge in [0.1, 0.15) is 0 Å². The Morgan fingerprint density at radius 1 is 0.933 bits per heavy atom. The first-order valence-electron chi connectivity index (χ1n) is 10.7. The van der Waals surface area contributed by atoms with E-state index in [1.165, 1.54) is 0 Å². The van der Waals surface area contributed by atoms with Gasteiger partial charge in [-0.15, -0.1) is 0 Å². The van der Waals surface area contributed by atoms with E-state index in [-0.39, 0.29) is 23.9 Å². The van der Waals surface area contributed by atoms with Crippen molar-refractivity contribution in [2.45, 2.75) is 25.4 Å². The molecule has 2 aromatic rings. The van der Waals surface area contributed by atoms with Crippen LogP contribution < -0.4 is 5.32 Å². The van der Waals surface area contributed by atoms with Crippen molar-refractivity contribution in [2.24, 2.45) is 5.92 Å². The van der Waals surface area contributed by atoms with Crippen molar-refractivity contribution >= 4 is 11.9 Å². The maximum absolute atomic E-state index is 13.2. The van der Waals surface area contributed by atoms with E-state index in [9.17, 15) is 9.59 Å². The number of amides is 3. The lowest BCUT2D eigenvalue weighted by Gasteiger charge is -2.41. The highest BCUT2D eigenvalue weighted by molar-refractivity contribution is 5.81. The van der Waals surface area contributed by atoms with Crippen molar-refractivity contribution in [3.05, 3.63) is 71.8 Å². The predicted octanol–water partition coefficient (Wildman–Crippen LogP) is 3.21. The maximum Gasteiger partial charge on any atom is 0.318 e. The van der Waals surface area contributed by atoms with Gasteiger partial charge in [0.25, 0.3) is 0 Å². The lowest BCUT2D eigenvalue weighted by molar-refractivity contribution is -0.141. The topological polar surface area (TPSA) is 61.9 Å². The summed E-state index contributed by atoms with van der Waals surface area (Å²) in [6.45, 7) is 3.37. The number of piperidine rings is 1. The van der Waals surface area contributed by atoms with Gasteiger partial charge in [0.15, 0.2) is 0 Å². The van der Waals surface area contributed by atoms with Crippen molar-refractivity contribution in [1.82, 2.24) is 15.1 Å². The SMILES string of the molecule is O=C(C1CCC(c2ccccc2)N(C(=O)NCc2ccccc2)C1)N1CCOCC1. The molecule has 2 aromatic carbocycles. The molecule has 1 N–H and O–H groups in total. The minimum atomic E-state index is -0.162. The van der Waals surface area contributed by atoms with Crippen molar-refractivity contribution in [1.29, 1.82) is 0 Å². The highest BCUT2D eigenvalue weighted by Crippen LogP contribution is 2.34. The van der Waals surface area contributed by atoms with Crippen LogP contribution in [0.4, 0.5) is 4.79 Å². The Balaban J connectivity index is 1.48. The van der Waals surface area contributed by atoms with Gasteiger partial charge in [-0.2, -0.15) is 0 Å². The van der Waals surface area contributed by atoms with E-state index in [0.717, 1.165) is 24.0 Å². The highest BCUT2D eigenvalue weighted by atomic mass is 16.5. The Bertz CT molecular complexity index is 837. The number of benzene rings is 2. The third-order valence-electron chi connectivity index (χ3n) is 5.99. The average molecular weight is 408 g/mol. The number of urea groups is 1. The molecule has 2 unspecified atom stereocenters. The zero-order valence-electron chi connectivity index (χ0n) is 17.2. The lowest BCUT2D eigenvalue weighted by atomic mass is 9.88. The smallest absolute Gasteiger partial charge is 0.318 e. The van der Waals surface area contributed by atoms with Gasteiger partial charge in [0.05, 0.1) is 25.2 Å². The second-order valence-electron chi connectivity index (χ2n) is 7.94. The molecule has 158 valence electrons. The van der Waals surface area contributed by atoms with Crippen LogP contribution in [-0.4, -0.2) is 54.6 Å². The Morgan fingerprint density at radius 2 is 1.60 bits per heavy atom. The standard InChI is InChI=1S/C24H29N3O3/c28-23(26-13-15-30-16-14-26)21-11-12-22(20-9-5-2-6-10-20)27(18-21)24(29)25-17-19-7-3-1-4-8-19/h1-10,21-22H,11-18H2,(H,25,29). The molecule has 6 heteroatoms. The van der Waals surface area contributed by atoms with E-state index in [1.807, 2.05) is 58.3 Å².